The summed E-state index contributed by atoms with van der Waals surface area (Å²) in [5.74, 6) is -0.242. The number of ether oxygens (including phenoxy) is 1. The second-order valence-electron chi connectivity index (χ2n) is 4.40. The number of halogens is 1. The molecular formula is C15H15ClN2O3S2. The van der Waals surface area contributed by atoms with Crippen LogP contribution < -0.4 is 5.32 Å². The molecule has 0 bridgehead atoms. The molecule has 1 heterocycles. The summed E-state index contributed by atoms with van der Waals surface area (Å²) < 4.78 is 5.61. The minimum atomic E-state index is -0.300. The van der Waals surface area contributed by atoms with Gasteiger partial charge in [0.25, 0.3) is 0 Å². The van der Waals surface area contributed by atoms with E-state index in [2.05, 4.69) is 10.3 Å². The summed E-state index contributed by atoms with van der Waals surface area (Å²) in [5, 5.41) is 5.04. The van der Waals surface area contributed by atoms with Crippen LogP contribution in [0.15, 0.2) is 34.0 Å². The molecule has 0 spiro atoms. The zero-order valence-electron chi connectivity index (χ0n) is 12.4. The van der Waals surface area contributed by atoms with Gasteiger partial charge < -0.3 is 10.1 Å². The van der Waals surface area contributed by atoms with Crippen molar-refractivity contribution >= 4 is 52.3 Å². The first-order valence-corrected chi connectivity index (χ1v) is 9.10. The van der Waals surface area contributed by atoms with E-state index in [0.29, 0.717) is 23.0 Å². The standard InChI is InChI=1S/C15H15ClN2O3S2/c1-2-21-14(20)7-10-8-22-15(17-10)23-9-13(19)18-12-6-4-3-5-11(12)16/h3-6,8H,2,7,9H2,1H3,(H,18,19). The number of hydrogen-bond donors (Lipinski definition) is 1. The molecule has 8 heteroatoms. The van der Waals surface area contributed by atoms with E-state index in [9.17, 15) is 9.59 Å². The highest BCUT2D eigenvalue weighted by molar-refractivity contribution is 8.01. The average Bonchev–Trinajstić information content (AvgIpc) is 2.95. The van der Waals surface area contributed by atoms with Crippen molar-refractivity contribution in [1.82, 2.24) is 4.98 Å². The maximum atomic E-state index is 11.9. The highest BCUT2D eigenvalue weighted by Crippen LogP contribution is 2.24. The first-order chi connectivity index (χ1) is 11.1. The Morgan fingerprint density at radius 2 is 2.17 bits per heavy atom. The highest BCUT2D eigenvalue weighted by atomic mass is 35.5. The molecule has 122 valence electrons. The molecule has 0 aliphatic heterocycles. The molecule has 1 N–H and O–H groups in total. The summed E-state index contributed by atoms with van der Waals surface area (Å²) in [4.78, 5) is 27.6. The Hall–Kier alpha value is -1.57. The zero-order valence-corrected chi connectivity index (χ0v) is 14.8. The van der Waals surface area contributed by atoms with Crippen molar-refractivity contribution < 1.29 is 14.3 Å². The largest absolute Gasteiger partial charge is 0.466 e. The van der Waals surface area contributed by atoms with Gasteiger partial charge in [-0.25, -0.2) is 4.98 Å². The van der Waals surface area contributed by atoms with Crippen molar-refractivity contribution in [2.24, 2.45) is 0 Å². The number of esters is 1. The van der Waals surface area contributed by atoms with Crippen LogP contribution in [0.1, 0.15) is 12.6 Å². The highest BCUT2D eigenvalue weighted by Gasteiger charge is 2.11. The Balaban J connectivity index is 1.82. The van der Waals surface area contributed by atoms with Crippen LogP contribution in [0.3, 0.4) is 0 Å². The van der Waals surface area contributed by atoms with Gasteiger partial charge in [0, 0.05) is 5.38 Å². The van der Waals surface area contributed by atoms with Crippen LogP contribution in [0, 0.1) is 0 Å². The smallest absolute Gasteiger partial charge is 0.311 e. The Labute approximate surface area is 147 Å². The van der Waals surface area contributed by atoms with Gasteiger partial charge in [0.15, 0.2) is 4.34 Å². The normalized spacial score (nSPS) is 10.3. The lowest BCUT2D eigenvalue weighted by Gasteiger charge is -2.05. The summed E-state index contributed by atoms with van der Waals surface area (Å²) in [6.07, 6.45) is 0.150. The molecular weight excluding hydrogens is 356 g/mol. The maximum Gasteiger partial charge on any atom is 0.311 e. The van der Waals surface area contributed by atoms with Crippen LogP contribution in [-0.2, 0) is 20.7 Å². The molecule has 0 aliphatic carbocycles. The predicted octanol–water partition coefficient (Wildman–Crippen LogP) is 3.63. The fourth-order valence-electron chi connectivity index (χ4n) is 1.67. The first kappa shape index (κ1) is 17.8. The van der Waals surface area contributed by atoms with Crippen molar-refractivity contribution in [2.45, 2.75) is 17.7 Å². The number of benzene rings is 1. The number of nitrogens with one attached hydrogen (secondary N) is 1. The van der Waals surface area contributed by atoms with Gasteiger partial charge in [0.2, 0.25) is 5.91 Å². The van der Waals surface area contributed by atoms with Crippen LogP contribution in [0.4, 0.5) is 5.69 Å². The number of rotatable bonds is 7. The molecule has 0 fully saturated rings. The van der Waals surface area contributed by atoms with Crippen LogP contribution in [0.2, 0.25) is 5.02 Å². The first-order valence-electron chi connectivity index (χ1n) is 6.85. The van der Waals surface area contributed by atoms with Crippen LogP contribution in [0.5, 0.6) is 0 Å². The van der Waals surface area contributed by atoms with Gasteiger partial charge in [-0.2, -0.15) is 0 Å². The monoisotopic (exact) mass is 370 g/mol. The number of carbonyl (C=O) groups is 2. The Kier molecular flexibility index (Phi) is 6.88. The molecule has 1 aromatic heterocycles. The summed E-state index contributed by atoms with van der Waals surface area (Å²) in [5.41, 5.74) is 1.24. The molecule has 23 heavy (non-hydrogen) atoms. The summed E-state index contributed by atoms with van der Waals surface area (Å²) in [7, 11) is 0. The number of nitrogens with zero attached hydrogens (tertiary/aromatic N) is 1. The third-order valence-corrected chi connectivity index (χ3v) is 5.04. The molecule has 0 radical (unpaired) electrons. The topological polar surface area (TPSA) is 68.3 Å². The van der Waals surface area contributed by atoms with Crippen molar-refractivity contribution in [3.63, 3.8) is 0 Å². The van der Waals surface area contributed by atoms with Gasteiger partial charge in [0.1, 0.15) is 0 Å². The number of para-hydroxylation sites is 1. The Morgan fingerprint density at radius 1 is 1.39 bits per heavy atom. The third kappa shape index (κ3) is 5.85. The number of hydrogen-bond acceptors (Lipinski definition) is 6. The van der Waals surface area contributed by atoms with E-state index in [1.807, 2.05) is 0 Å². The number of thiazole rings is 1. The Morgan fingerprint density at radius 3 is 2.91 bits per heavy atom. The van der Waals surface area contributed by atoms with E-state index in [0.717, 1.165) is 4.34 Å². The summed E-state index contributed by atoms with van der Waals surface area (Å²) in [6.45, 7) is 2.12. The fraction of sp³-hybridized carbons (Fsp3) is 0.267. The molecule has 0 unspecified atom stereocenters. The van der Waals surface area contributed by atoms with Crippen LogP contribution in [-0.4, -0.2) is 29.2 Å². The van der Waals surface area contributed by atoms with Crippen LogP contribution >= 0.6 is 34.7 Å². The van der Waals surface area contributed by atoms with Crippen molar-refractivity contribution in [3.8, 4) is 0 Å². The lowest BCUT2D eigenvalue weighted by atomic mass is 10.3. The number of aromatic nitrogens is 1. The SMILES string of the molecule is CCOC(=O)Cc1csc(SCC(=O)Nc2ccccc2Cl)n1. The van der Waals surface area contributed by atoms with Crippen molar-refractivity contribution in [2.75, 3.05) is 17.7 Å². The molecule has 0 atom stereocenters. The van der Waals surface area contributed by atoms with E-state index in [-0.39, 0.29) is 24.1 Å². The number of thioether (sulfide) groups is 1. The molecule has 2 aromatic rings. The van der Waals surface area contributed by atoms with E-state index in [1.165, 1.54) is 23.1 Å². The van der Waals surface area contributed by atoms with Gasteiger partial charge in [-0.05, 0) is 19.1 Å². The molecule has 5 nitrogen and oxygen atoms in total. The van der Waals surface area contributed by atoms with Gasteiger partial charge in [-0.3, -0.25) is 9.59 Å². The van der Waals surface area contributed by atoms with Gasteiger partial charge >= 0.3 is 5.97 Å². The molecule has 1 amide bonds. The average molecular weight is 371 g/mol. The second kappa shape index (κ2) is 8.90. The summed E-state index contributed by atoms with van der Waals surface area (Å²) >= 11 is 8.70. The van der Waals surface area contributed by atoms with Gasteiger partial charge in [-0.15, -0.1) is 11.3 Å². The van der Waals surface area contributed by atoms with Crippen molar-refractivity contribution in [3.05, 3.63) is 40.4 Å². The molecule has 0 saturated heterocycles. The second-order valence-corrected chi connectivity index (χ2v) is 6.89. The Bertz CT molecular complexity index is 691. The molecule has 0 aliphatic rings. The summed E-state index contributed by atoms with van der Waals surface area (Å²) in [6, 6.07) is 7.06. The fourth-order valence-corrected chi connectivity index (χ4v) is 3.50. The lowest BCUT2D eigenvalue weighted by Crippen LogP contribution is -2.14. The maximum absolute atomic E-state index is 11.9. The molecule has 2 rings (SSSR count). The molecule has 0 saturated carbocycles. The van der Waals surface area contributed by atoms with E-state index in [4.69, 9.17) is 16.3 Å². The van der Waals surface area contributed by atoms with Gasteiger partial charge in [0.05, 0.1) is 35.2 Å². The van der Waals surface area contributed by atoms with Crippen molar-refractivity contribution in [1.29, 1.82) is 0 Å². The molecule has 1 aromatic carbocycles. The van der Waals surface area contributed by atoms with Crippen LogP contribution in [0.25, 0.3) is 0 Å². The minimum Gasteiger partial charge on any atom is -0.466 e. The van der Waals surface area contributed by atoms with E-state index < -0.39 is 0 Å². The number of carbonyl (C=O) groups excluding carboxylic acids is 2. The minimum absolute atomic E-state index is 0.150. The van der Waals surface area contributed by atoms with Gasteiger partial charge in [-0.1, -0.05) is 35.5 Å². The quantitative estimate of drug-likeness (QED) is 0.595. The lowest BCUT2D eigenvalue weighted by molar-refractivity contribution is -0.142. The predicted molar refractivity (Wildman–Crippen MR) is 93.3 cm³/mol. The number of amides is 1. The number of anilines is 1. The van der Waals surface area contributed by atoms with E-state index >= 15 is 0 Å². The van der Waals surface area contributed by atoms with E-state index in [1.54, 1.807) is 36.6 Å². The zero-order chi connectivity index (χ0) is 16.7. The third-order valence-electron chi connectivity index (χ3n) is 2.64.